The molecule has 3 aromatic rings. The number of cyclic esters (lactones) is 1. The third kappa shape index (κ3) is 12.2. The van der Waals surface area contributed by atoms with Crippen LogP contribution in [0.1, 0.15) is 104 Å². The molecular weight excluding hydrogens is 918 g/mol. The van der Waals surface area contributed by atoms with Crippen LogP contribution >= 0.6 is 0 Å². The molecule has 4 N–H and O–H groups in total. The Bertz CT molecular complexity index is 2230. The lowest BCUT2D eigenvalue weighted by Gasteiger charge is -2.46. The molecule has 0 unspecified atom stereocenters. The summed E-state index contributed by atoms with van der Waals surface area (Å²) in [5.74, 6) is -4.79. The van der Waals surface area contributed by atoms with Gasteiger partial charge in [-0.25, -0.2) is 9.07 Å². The van der Waals surface area contributed by atoms with Crippen LogP contribution in [-0.2, 0) is 44.5 Å². The first kappa shape index (κ1) is 54.5. The number of piperidine rings is 1. The Morgan fingerprint density at radius 3 is 2.51 bits per heavy atom. The summed E-state index contributed by atoms with van der Waals surface area (Å²) in [4.78, 5) is 40.6. The van der Waals surface area contributed by atoms with E-state index < -0.39 is 102 Å². The zero-order valence-electron chi connectivity index (χ0n) is 42.7. The van der Waals surface area contributed by atoms with Gasteiger partial charge in [0.05, 0.1) is 41.9 Å². The number of carbonyl (C=O) groups is 2. The van der Waals surface area contributed by atoms with Crippen LogP contribution in [0.2, 0.25) is 0 Å². The maximum atomic E-state index is 14.8. The van der Waals surface area contributed by atoms with Crippen molar-refractivity contribution in [2.45, 2.75) is 159 Å². The molecule has 16 atom stereocenters. The van der Waals surface area contributed by atoms with E-state index in [9.17, 15) is 29.3 Å². The van der Waals surface area contributed by atoms with Crippen molar-refractivity contribution < 1.29 is 57.8 Å². The molecule has 4 aliphatic rings. The molecule has 0 saturated carbocycles. The van der Waals surface area contributed by atoms with Gasteiger partial charge in [-0.1, -0.05) is 61.5 Å². The monoisotopic (exact) mass is 994 g/mol. The van der Waals surface area contributed by atoms with E-state index in [1.54, 1.807) is 46.5 Å². The van der Waals surface area contributed by atoms with Crippen LogP contribution in [0.25, 0.3) is 11.1 Å². The standard InChI is InChI=1S/C52H76FN7O11/c1-10-42-52(7,65)47(63)31(3)43(57-71-39-14-12-21-55-27-39)37-24-51(6,67-29-37)48(32(4)44(61)33(5)49(64)69-42)70-50-45(62)40(23-30(2)68-50)59(8)22-19-38-28-60(58-56-38)41(25-53)46(66-9)35-17-15-34(16-18-35)36-13-11-20-54-26-36/h11,13,15-18,20,26,28,30-33,37,39-42,45-48,50,55,62-63,65H,10,12,14,19,21-25,27,29H2,1-9H3/b57-43-/t30-,31+,32+,33-,37+,39-,40+,41-,42-,45-,46-,47-,48-,50+,51-,52-/m1/s1. The van der Waals surface area contributed by atoms with E-state index in [1.165, 1.54) is 18.5 Å². The molecule has 4 saturated heterocycles. The maximum Gasteiger partial charge on any atom is 0.316 e. The molecule has 7 rings (SSSR count). The summed E-state index contributed by atoms with van der Waals surface area (Å²) in [6.45, 7) is 13.1. The average Bonchev–Trinajstić information content (AvgIpc) is 4.02. The number of methoxy groups -OCH3 is 1. The number of esters is 1. The van der Waals surface area contributed by atoms with E-state index in [1.807, 2.05) is 62.2 Å². The lowest BCUT2D eigenvalue weighted by molar-refractivity contribution is -0.293. The fraction of sp³-hybridized carbons (Fsp3) is 0.692. The molecule has 1 aromatic carbocycles. The number of likely N-dealkylation sites (N-methyl/N-ethyl adjacent to an activating group) is 1. The number of benzene rings is 1. The second-order valence-electron chi connectivity index (χ2n) is 20.6. The first-order valence-electron chi connectivity index (χ1n) is 25.3. The second-order valence-corrected chi connectivity index (χ2v) is 20.6. The number of aliphatic hydroxyl groups excluding tert-OH is 2. The fourth-order valence-corrected chi connectivity index (χ4v) is 11.0. The largest absolute Gasteiger partial charge is 0.459 e. The number of nitrogens with zero attached hydrogens (tertiary/aromatic N) is 6. The van der Waals surface area contributed by atoms with Crippen molar-refractivity contribution in [3.63, 3.8) is 0 Å². The number of hydrogen-bond donors (Lipinski definition) is 4. The van der Waals surface area contributed by atoms with Gasteiger partial charge < -0.3 is 54.1 Å². The summed E-state index contributed by atoms with van der Waals surface area (Å²) >= 11 is 0. The van der Waals surface area contributed by atoms with Crippen molar-refractivity contribution in [1.82, 2.24) is 30.2 Å². The number of hydrogen-bond acceptors (Lipinski definition) is 17. The van der Waals surface area contributed by atoms with Crippen molar-refractivity contribution in [3.8, 4) is 11.1 Å². The number of ether oxygens (including phenoxy) is 5. The molecule has 392 valence electrons. The van der Waals surface area contributed by atoms with Crippen LogP contribution in [0, 0.1) is 23.7 Å². The van der Waals surface area contributed by atoms with Gasteiger partial charge in [0, 0.05) is 69.0 Å². The van der Waals surface area contributed by atoms with Gasteiger partial charge in [0.1, 0.15) is 48.7 Å². The first-order chi connectivity index (χ1) is 33.9. The van der Waals surface area contributed by atoms with Gasteiger partial charge in [-0.15, -0.1) is 5.10 Å². The summed E-state index contributed by atoms with van der Waals surface area (Å²) in [5, 5.41) is 52.6. The topological polar surface area (TPSA) is 221 Å². The Balaban J connectivity index is 1.08. The van der Waals surface area contributed by atoms with Crippen LogP contribution < -0.4 is 5.32 Å². The SMILES string of the molecule is CC[C@H]1OC(=O)[C@H](C)C(=O)[C@H](C)[C@@H](O[C@@H]2O[C@H](C)C[C@H](N(C)CCc3cn([C@H](CF)[C@H](OC)c4ccc(-c5cccnc5)cc4)nn3)[C@H]2O)[C@@]2(C)C[C@@H](CO2)/C(=N\O[C@@H]2CCCNC2)[C@H](C)[C@@H](O)[C@]1(C)O. The number of fused-ring (bicyclic) bond motifs is 2. The quantitative estimate of drug-likeness (QED) is 0.0912. The number of alkyl halides is 1. The number of oxime groups is 1. The number of halogens is 1. The summed E-state index contributed by atoms with van der Waals surface area (Å²) < 4.78 is 47.9. The molecule has 0 amide bonds. The normalized spacial score (nSPS) is 35.8. The van der Waals surface area contributed by atoms with Crippen molar-refractivity contribution >= 4 is 17.5 Å². The Kier molecular flexibility index (Phi) is 18.2. The number of aliphatic hydroxyl groups is 3. The smallest absolute Gasteiger partial charge is 0.316 e. The van der Waals surface area contributed by atoms with E-state index in [0.29, 0.717) is 37.3 Å². The van der Waals surface area contributed by atoms with Crippen LogP contribution in [0.5, 0.6) is 0 Å². The minimum absolute atomic E-state index is 0.127. The van der Waals surface area contributed by atoms with Gasteiger partial charge in [0.2, 0.25) is 0 Å². The summed E-state index contributed by atoms with van der Waals surface area (Å²) in [5.41, 5.74) is 0.708. The number of nitrogens with one attached hydrogen (secondary N) is 1. The molecular formula is C52H76FN7O11. The van der Waals surface area contributed by atoms with Gasteiger partial charge in [0.15, 0.2) is 12.1 Å². The van der Waals surface area contributed by atoms with Crippen LogP contribution in [0.4, 0.5) is 4.39 Å². The fourth-order valence-electron chi connectivity index (χ4n) is 11.0. The molecule has 19 heteroatoms. The number of aromatic nitrogens is 4. The van der Waals surface area contributed by atoms with Gasteiger partial charge in [-0.05, 0) is 96.1 Å². The summed E-state index contributed by atoms with van der Waals surface area (Å²) in [6.07, 6.45) is 0.991. The third-order valence-corrected chi connectivity index (χ3v) is 15.4. The van der Waals surface area contributed by atoms with Crippen LogP contribution in [0.15, 0.2) is 60.1 Å². The van der Waals surface area contributed by atoms with Crippen molar-refractivity contribution in [2.24, 2.45) is 28.8 Å². The Morgan fingerprint density at radius 1 is 1.08 bits per heavy atom. The molecule has 0 spiro atoms. The minimum atomic E-state index is -1.92. The van der Waals surface area contributed by atoms with E-state index in [2.05, 4.69) is 25.8 Å². The highest BCUT2D eigenvalue weighted by Gasteiger charge is 2.55. The molecule has 2 bridgehead atoms. The summed E-state index contributed by atoms with van der Waals surface area (Å²) in [6, 6.07) is 10.4. The molecule has 0 radical (unpaired) electrons. The Labute approximate surface area is 416 Å². The molecule has 6 heterocycles. The molecule has 71 heavy (non-hydrogen) atoms. The molecule has 4 fully saturated rings. The van der Waals surface area contributed by atoms with Gasteiger partial charge in [-0.2, -0.15) is 0 Å². The van der Waals surface area contributed by atoms with Gasteiger partial charge in [-0.3, -0.25) is 14.6 Å². The Hall–Kier alpha value is -4.31. The lowest BCUT2D eigenvalue weighted by atomic mass is 9.75. The predicted octanol–water partition coefficient (Wildman–Crippen LogP) is 4.81. The molecule has 18 nitrogen and oxygen atoms in total. The number of Topliss-reactive ketones (excluding diaryl/α,β-unsaturated/α-hetero) is 1. The summed E-state index contributed by atoms with van der Waals surface area (Å²) in [7, 11) is 3.44. The molecule has 4 aliphatic heterocycles. The number of rotatable bonds is 15. The van der Waals surface area contributed by atoms with Crippen molar-refractivity contribution in [3.05, 3.63) is 66.2 Å². The average molecular weight is 994 g/mol. The van der Waals surface area contributed by atoms with Crippen LogP contribution in [0.3, 0.4) is 0 Å². The van der Waals surface area contributed by atoms with Crippen molar-refractivity contribution in [2.75, 3.05) is 47.1 Å². The number of pyridine rings is 1. The number of ketones is 1. The highest BCUT2D eigenvalue weighted by molar-refractivity contribution is 6.00. The Morgan fingerprint density at radius 2 is 1.85 bits per heavy atom. The van der Waals surface area contributed by atoms with Gasteiger partial charge >= 0.3 is 5.97 Å². The molecule has 2 aromatic heterocycles. The van der Waals surface area contributed by atoms with E-state index in [-0.39, 0.29) is 31.7 Å². The van der Waals surface area contributed by atoms with Gasteiger partial charge in [0.25, 0.3) is 0 Å². The zero-order valence-corrected chi connectivity index (χ0v) is 42.7. The van der Waals surface area contributed by atoms with Crippen LogP contribution in [-0.4, -0.2) is 165 Å². The highest BCUT2D eigenvalue weighted by Crippen LogP contribution is 2.43. The van der Waals surface area contributed by atoms with E-state index in [4.69, 9.17) is 28.5 Å². The highest BCUT2D eigenvalue weighted by atomic mass is 19.1. The first-order valence-corrected chi connectivity index (χ1v) is 25.3. The predicted molar refractivity (Wildman–Crippen MR) is 261 cm³/mol. The van der Waals surface area contributed by atoms with Crippen molar-refractivity contribution in [1.29, 1.82) is 0 Å². The molecule has 0 aliphatic carbocycles. The second kappa shape index (κ2) is 23.7. The zero-order chi connectivity index (χ0) is 51.2. The number of carbonyl (C=O) groups excluding carboxylic acids is 2. The maximum absolute atomic E-state index is 14.8. The van der Waals surface area contributed by atoms with E-state index >= 15 is 0 Å². The van der Waals surface area contributed by atoms with E-state index in [0.717, 1.165) is 36.1 Å². The third-order valence-electron chi connectivity index (χ3n) is 15.4. The lowest BCUT2D eigenvalue weighted by Crippen LogP contribution is -2.59. The minimum Gasteiger partial charge on any atom is -0.459 e.